The Morgan fingerprint density at radius 1 is 1.15 bits per heavy atom. The van der Waals surface area contributed by atoms with Crippen molar-refractivity contribution in [2.75, 3.05) is 0 Å². The van der Waals surface area contributed by atoms with E-state index in [0.717, 1.165) is 25.4 Å². The molecule has 0 amide bonds. The summed E-state index contributed by atoms with van der Waals surface area (Å²) in [5.74, 6) is -0.558. The fourth-order valence-electron chi connectivity index (χ4n) is 1.71. The van der Waals surface area contributed by atoms with E-state index in [1.54, 1.807) is 19.4 Å². The third-order valence-electron chi connectivity index (χ3n) is 2.13. The van der Waals surface area contributed by atoms with Crippen molar-refractivity contribution in [3.63, 3.8) is 0 Å². The first-order chi connectivity index (χ1) is 11.6. The molecule has 0 bridgehead atoms. The molecule has 0 saturated heterocycles. The molecule has 0 radical (unpaired) electrons. The first kappa shape index (κ1) is 28.5. The zero-order chi connectivity index (χ0) is 21.4. The Kier molecular flexibility index (Phi) is 16.4. The largest absolute Gasteiger partial charge is 0.481 e. The van der Waals surface area contributed by atoms with E-state index >= 15 is 0 Å². The Bertz CT molecular complexity index is 500. The Morgan fingerprint density at radius 2 is 1.58 bits per heavy atom. The van der Waals surface area contributed by atoms with Crippen molar-refractivity contribution < 1.29 is 14.7 Å². The van der Waals surface area contributed by atoms with Crippen molar-refractivity contribution in [3.05, 3.63) is 24.3 Å². The molecule has 0 aromatic carbocycles. The Hall–Kier alpha value is -2.31. The van der Waals surface area contributed by atoms with E-state index in [9.17, 15) is 4.79 Å². The first-order valence-electron chi connectivity index (χ1n) is 8.29. The van der Waals surface area contributed by atoms with Gasteiger partial charge in [0.1, 0.15) is 12.1 Å². The molecule has 0 saturated carbocycles. The summed E-state index contributed by atoms with van der Waals surface area (Å²) in [5.41, 5.74) is 5.99. The second-order valence-corrected chi connectivity index (χ2v) is 8.06. The molecule has 0 spiro atoms. The second-order valence-electron chi connectivity index (χ2n) is 8.06. The van der Waals surface area contributed by atoms with Crippen molar-refractivity contribution in [2.24, 2.45) is 16.6 Å². The van der Waals surface area contributed by atoms with Gasteiger partial charge in [0, 0.05) is 25.2 Å². The number of hydrogen-bond donors (Lipinski definition) is 3. The number of Topliss-reactive ketones (excluding diaryl/α,β-unsaturated/α-hetero) is 1. The molecule has 7 heteroatoms. The maximum absolute atomic E-state index is 10.5. The van der Waals surface area contributed by atoms with E-state index < -0.39 is 5.97 Å². The normalized spacial score (nSPS) is 9.85. The van der Waals surface area contributed by atoms with Crippen molar-refractivity contribution in [3.8, 4) is 0 Å². The maximum atomic E-state index is 10.5. The van der Waals surface area contributed by atoms with Gasteiger partial charge in [0.05, 0.1) is 6.34 Å². The Labute approximate surface area is 158 Å². The molecule has 0 atom stereocenters. The summed E-state index contributed by atoms with van der Waals surface area (Å²) >= 11 is 0. The van der Waals surface area contributed by atoms with E-state index in [-0.39, 0.29) is 11.2 Å². The van der Waals surface area contributed by atoms with Gasteiger partial charge in [0.15, 0.2) is 0 Å². The number of nitrogens with zero attached hydrogens (tertiary/aromatic N) is 2. The number of carboxylic acids is 1. The number of carbonyl (C=O) groups is 2. The molecule has 0 unspecified atom stereocenters. The average molecular weight is 369 g/mol. The SMILES string of the molecule is CC(=O)CC(C)(C)C.CC(=O)O.CC(C)(C)Cc1ccncn1.N=CN. The van der Waals surface area contributed by atoms with Gasteiger partial charge in [-0.2, -0.15) is 0 Å². The highest BCUT2D eigenvalue weighted by Gasteiger charge is 2.12. The molecule has 0 aliphatic heterocycles. The highest BCUT2D eigenvalue weighted by atomic mass is 16.4. The zero-order valence-electron chi connectivity index (χ0n) is 17.5. The minimum atomic E-state index is -0.833. The van der Waals surface area contributed by atoms with Gasteiger partial charge >= 0.3 is 0 Å². The summed E-state index contributed by atoms with van der Waals surface area (Å²) in [7, 11) is 0. The van der Waals surface area contributed by atoms with Gasteiger partial charge in [0.25, 0.3) is 5.97 Å². The number of carboxylic acid groups (broad SMARTS) is 1. The number of carbonyl (C=O) groups excluding carboxylic acids is 1. The standard InChI is InChI=1S/C9H14N2.C7H14O.C2H4O2.CH4N2/c1-9(2,3)6-8-4-5-10-7-11-8;1-6(8)5-7(2,3)4;1-2(3)4;2-1-3/h4-5,7H,6H2,1-3H3;5H2,1-4H3;1H3,(H,3,4);1H,(H3,2,3). The van der Waals surface area contributed by atoms with Crippen LogP contribution in [0.5, 0.6) is 0 Å². The average Bonchev–Trinajstić information content (AvgIpc) is 2.35. The van der Waals surface area contributed by atoms with Crippen molar-refractivity contribution in [1.82, 2.24) is 9.97 Å². The minimum absolute atomic E-state index is 0.172. The van der Waals surface area contributed by atoms with Crippen LogP contribution >= 0.6 is 0 Å². The smallest absolute Gasteiger partial charge is 0.300 e. The molecule has 0 aliphatic carbocycles. The molecular weight excluding hydrogens is 332 g/mol. The summed E-state index contributed by atoms with van der Waals surface area (Å²) in [6, 6.07) is 1.96. The van der Waals surface area contributed by atoms with Gasteiger partial charge in [0.2, 0.25) is 0 Å². The Balaban J connectivity index is -0.000000309. The van der Waals surface area contributed by atoms with Crippen LogP contribution in [0.3, 0.4) is 0 Å². The number of nitrogens with two attached hydrogens (primary N) is 1. The van der Waals surface area contributed by atoms with E-state index in [1.807, 2.05) is 6.07 Å². The molecule has 1 rings (SSSR count). The third-order valence-corrected chi connectivity index (χ3v) is 2.13. The number of aliphatic carboxylic acids is 1. The number of rotatable bonds is 2. The van der Waals surface area contributed by atoms with Gasteiger partial charge in [-0.1, -0.05) is 41.5 Å². The summed E-state index contributed by atoms with van der Waals surface area (Å²) in [6.45, 7) is 15.5. The number of hydrogen-bond acceptors (Lipinski definition) is 5. The monoisotopic (exact) mass is 368 g/mol. The summed E-state index contributed by atoms with van der Waals surface area (Å²) in [4.78, 5) is 27.5. The van der Waals surface area contributed by atoms with Crippen LogP contribution in [0.15, 0.2) is 18.6 Å². The van der Waals surface area contributed by atoms with Crippen LogP contribution in [-0.4, -0.2) is 33.2 Å². The highest BCUT2D eigenvalue weighted by Crippen LogP contribution is 2.18. The molecule has 4 N–H and O–H groups in total. The minimum Gasteiger partial charge on any atom is -0.481 e. The Morgan fingerprint density at radius 3 is 1.77 bits per heavy atom. The number of aromatic nitrogens is 2. The first-order valence-corrected chi connectivity index (χ1v) is 8.29. The van der Waals surface area contributed by atoms with Crippen LogP contribution in [0.1, 0.15) is 67.5 Å². The summed E-state index contributed by atoms with van der Waals surface area (Å²) in [6.07, 6.45) is 5.83. The van der Waals surface area contributed by atoms with Crippen LogP contribution in [0.2, 0.25) is 0 Å². The van der Waals surface area contributed by atoms with E-state index in [0.29, 0.717) is 11.8 Å². The molecule has 1 aromatic heterocycles. The van der Waals surface area contributed by atoms with Gasteiger partial charge in [-0.05, 0) is 30.2 Å². The van der Waals surface area contributed by atoms with Gasteiger partial charge in [-0.15, -0.1) is 0 Å². The predicted molar refractivity (Wildman–Crippen MR) is 106 cm³/mol. The van der Waals surface area contributed by atoms with Crippen LogP contribution in [0, 0.1) is 16.2 Å². The van der Waals surface area contributed by atoms with Crippen LogP contribution < -0.4 is 5.73 Å². The lowest BCUT2D eigenvalue weighted by Crippen LogP contribution is -2.10. The lowest BCUT2D eigenvalue weighted by atomic mass is 9.90. The van der Waals surface area contributed by atoms with Gasteiger partial charge in [-0.3, -0.25) is 10.2 Å². The predicted octanol–water partition coefficient (Wildman–Crippen LogP) is 3.72. The molecule has 0 fully saturated rings. The van der Waals surface area contributed by atoms with Gasteiger partial charge in [-0.25, -0.2) is 9.97 Å². The van der Waals surface area contributed by atoms with E-state index in [4.69, 9.17) is 15.3 Å². The van der Waals surface area contributed by atoms with Crippen molar-refractivity contribution in [2.45, 2.75) is 68.2 Å². The highest BCUT2D eigenvalue weighted by molar-refractivity contribution is 5.76. The molecule has 0 aliphatic rings. The van der Waals surface area contributed by atoms with Crippen LogP contribution in [-0.2, 0) is 16.0 Å². The van der Waals surface area contributed by atoms with Crippen LogP contribution in [0.4, 0.5) is 0 Å². The fourth-order valence-corrected chi connectivity index (χ4v) is 1.71. The van der Waals surface area contributed by atoms with Gasteiger partial charge < -0.3 is 15.6 Å². The molecule has 7 nitrogen and oxygen atoms in total. The summed E-state index contributed by atoms with van der Waals surface area (Å²) < 4.78 is 0. The van der Waals surface area contributed by atoms with Crippen molar-refractivity contribution in [1.29, 1.82) is 5.41 Å². The maximum Gasteiger partial charge on any atom is 0.300 e. The van der Waals surface area contributed by atoms with Crippen LogP contribution in [0.25, 0.3) is 0 Å². The molecule has 1 aromatic rings. The topological polar surface area (TPSA) is 130 Å². The number of ketones is 1. The molecule has 150 valence electrons. The lowest BCUT2D eigenvalue weighted by molar-refractivity contribution is -0.134. The lowest BCUT2D eigenvalue weighted by Gasteiger charge is -2.16. The summed E-state index contributed by atoms with van der Waals surface area (Å²) in [5, 5.41) is 13.3. The zero-order valence-corrected chi connectivity index (χ0v) is 17.5. The van der Waals surface area contributed by atoms with E-state index in [1.165, 1.54) is 0 Å². The third kappa shape index (κ3) is 37.7. The molecule has 1 heterocycles. The number of nitrogens with one attached hydrogen (secondary N) is 1. The second kappa shape index (κ2) is 15.0. The molecular formula is C19H36N4O3. The quantitative estimate of drug-likeness (QED) is 0.538. The molecule has 26 heavy (non-hydrogen) atoms. The van der Waals surface area contributed by atoms with Crippen molar-refractivity contribution >= 4 is 18.1 Å². The van der Waals surface area contributed by atoms with E-state index in [2.05, 4.69) is 57.2 Å². The fraction of sp³-hybridized carbons (Fsp3) is 0.632.